The number of rotatable bonds is 8. The summed E-state index contributed by atoms with van der Waals surface area (Å²) < 4.78 is 13.0. The third-order valence-electron chi connectivity index (χ3n) is 8.74. The van der Waals surface area contributed by atoms with E-state index in [9.17, 15) is 0 Å². The van der Waals surface area contributed by atoms with Crippen LogP contribution in [0.5, 0.6) is 5.75 Å². The lowest BCUT2D eigenvalue weighted by Gasteiger charge is -2.38. The SMILES string of the molecule is CC(OCCOc1c(-c2ccccc2)cccc1-c1ccccc1)C12CC3CC(CC1C3)C2. The molecule has 7 rings (SSSR count). The summed E-state index contributed by atoms with van der Waals surface area (Å²) >= 11 is 0. The lowest BCUT2D eigenvalue weighted by molar-refractivity contribution is -0.0539. The van der Waals surface area contributed by atoms with Crippen molar-refractivity contribution in [2.75, 3.05) is 13.2 Å². The maximum atomic E-state index is 6.50. The van der Waals surface area contributed by atoms with Gasteiger partial charge in [-0.3, -0.25) is 0 Å². The summed E-state index contributed by atoms with van der Waals surface area (Å²) in [6.07, 6.45) is 7.50. The summed E-state index contributed by atoms with van der Waals surface area (Å²) in [5.41, 5.74) is 5.07. The molecule has 2 nitrogen and oxygen atoms in total. The van der Waals surface area contributed by atoms with Crippen LogP contribution in [0.3, 0.4) is 0 Å². The van der Waals surface area contributed by atoms with Crippen molar-refractivity contribution in [3.63, 3.8) is 0 Å². The van der Waals surface area contributed by atoms with Crippen molar-refractivity contribution in [1.29, 1.82) is 0 Å². The van der Waals surface area contributed by atoms with Crippen molar-refractivity contribution < 1.29 is 9.47 Å². The summed E-state index contributed by atoms with van der Waals surface area (Å²) in [5.74, 6) is 3.79. The van der Waals surface area contributed by atoms with Gasteiger partial charge in [-0.05, 0) is 73.3 Å². The molecule has 4 bridgehead atoms. The zero-order valence-corrected chi connectivity index (χ0v) is 19.6. The second kappa shape index (κ2) is 8.65. The van der Waals surface area contributed by atoms with Gasteiger partial charge in [0.05, 0.1) is 12.7 Å². The summed E-state index contributed by atoms with van der Waals surface area (Å²) in [6.45, 7) is 3.54. The molecule has 0 amide bonds. The minimum Gasteiger partial charge on any atom is -0.490 e. The monoisotopic (exact) mass is 438 g/mol. The third-order valence-corrected chi connectivity index (χ3v) is 8.74. The Bertz CT molecular complexity index is 1020. The molecular formula is C31H34O2. The normalized spacial score (nSPS) is 28.2. The Labute approximate surface area is 197 Å². The lowest BCUT2D eigenvalue weighted by Crippen LogP contribution is -2.37. The Morgan fingerprint density at radius 2 is 1.30 bits per heavy atom. The highest BCUT2D eigenvalue weighted by atomic mass is 16.5. The van der Waals surface area contributed by atoms with E-state index in [1.54, 1.807) is 0 Å². The average molecular weight is 439 g/mol. The van der Waals surface area contributed by atoms with E-state index in [1.165, 1.54) is 43.2 Å². The maximum Gasteiger partial charge on any atom is 0.135 e. The molecule has 2 heteroatoms. The van der Waals surface area contributed by atoms with Gasteiger partial charge >= 0.3 is 0 Å². The molecule has 4 fully saturated rings. The van der Waals surface area contributed by atoms with Crippen LogP contribution in [-0.4, -0.2) is 19.3 Å². The quantitative estimate of drug-likeness (QED) is 0.337. The largest absolute Gasteiger partial charge is 0.490 e. The van der Waals surface area contributed by atoms with Crippen molar-refractivity contribution in [1.82, 2.24) is 0 Å². The molecule has 3 aromatic rings. The molecule has 4 aliphatic carbocycles. The molecule has 33 heavy (non-hydrogen) atoms. The molecule has 0 aliphatic heterocycles. The molecule has 3 unspecified atom stereocenters. The number of para-hydroxylation sites is 1. The van der Waals surface area contributed by atoms with E-state index >= 15 is 0 Å². The maximum absolute atomic E-state index is 6.50. The smallest absolute Gasteiger partial charge is 0.135 e. The van der Waals surface area contributed by atoms with Gasteiger partial charge in [-0.15, -0.1) is 0 Å². The van der Waals surface area contributed by atoms with E-state index in [2.05, 4.69) is 85.8 Å². The molecule has 3 aromatic carbocycles. The highest BCUT2D eigenvalue weighted by Gasteiger charge is 2.60. The fourth-order valence-corrected chi connectivity index (χ4v) is 7.44. The van der Waals surface area contributed by atoms with Crippen molar-refractivity contribution in [3.05, 3.63) is 78.9 Å². The standard InChI is InChI=1S/C31H34O2/c1-22(31-20-23-17-24(21-31)19-27(31)18-23)32-15-16-33-30-28(25-9-4-2-5-10-25)13-8-14-29(30)26-11-6-3-7-12-26/h2-14,22-24,27H,15-21H2,1H3. The van der Waals surface area contributed by atoms with Crippen LogP contribution < -0.4 is 4.74 Å². The van der Waals surface area contributed by atoms with Crippen molar-refractivity contribution in [3.8, 4) is 28.0 Å². The first-order valence-corrected chi connectivity index (χ1v) is 12.7. The molecule has 0 saturated heterocycles. The summed E-state index contributed by atoms with van der Waals surface area (Å²) in [4.78, 5) is 0. The molecule has 0 radical (unpaired) electrons. The zero-order valence-electron chi connectivity index (χ0n) is 19.6. The average Bonchev–Trinajstić information content (AvgIpc) is 3.27. The van der Waals surface area contributed by atoms with Gasteiger partial charge in [0.25, 0.3) is 0 Å². The van der Waals surface area contributed by atoms with Crippen LogP contribution in [0, 0.1) is 23.2 Å². The second-order valence-electron chi connectivity index (χ2n) is 10.6. The summed E-state index contributed by atoms with van der Waals surface area (Å²) in [5, 5.41) is 0. The van der Waals surface area contributed by atoms with Crippen LogP contribution in [0.25, 0.3) is 22.3 Å². The minimum absolute atomic E-state index is 0.333. The van der Waals surface area contributed by atoms with Crippen LogP contribution in [0.2, 0.25) is 0 Å². The second-order valence-corrected chi connectivity index (χ2v) is 10.6. The summed E-state index contributed by atoms with van der Waals surface area (Å²) in [6, 6.07) is 27.5. The number of benzene rings is 3. The van der Waals surface area contributed by atoms with E-state index in [4.69, 9.17) is 9.47 Å². The molecule has 3 atom stereocenters. The van der Waals surface area contributed by atoms with Gasteiger partial charge in [0.2, 0.25) is 0 Å². The molecule has 0 heterocycles. The Morgan fingerprint density at radius 3 is 1.88 bits per heavy atom. The molecule has 4 saturated carbocycles. The lowest BCUT2D eigenvalue weighted by atomic mass is 9.72. The molecule has 0 aromatic heterocycles. The Balaban J connectivity index is 1.19. The third kappa shape index (κ3) is 3.79. The highest BCUT2D eigenvalue weighted by molar-refractivity contribution is 5.82. The van der Waals surface area contributed by atoms with Gasteiger partial charge in [-0.2, -0.15) is 0 Å². The fourth-order valence-electron chi connectivity index (χ4n) is 7.44. The molecule has 170 valence electrons. The van der Waals surface area contributed by atoms with Gasteiger partial charge in [0, 0.05) is 11.1 Å². The van der Waals surface area contributed by atoms with Crippen LogP contribution in [0.4, 0.5) is 0 Å². The van der Waals surface area contributed by atoms with Gasteiger partial charge in [0.1, 0.15) is 12.4 Å². The minimum atomic E-state index is 0.333. The van der Waals surface area contributed by atoms with Crippen LogP contribution in [0.15, 0.2) is 78.9 Å². The Morgan fingerprint density at radius 1 is 0.727 bits per heavy atom. The van der Waals surface area contributed by atoms with Gasteiger partial charge in [-0.25, -0.2) is 0 Å². The predicted octanol–water partition coefficient (Wildman–Crippen LogP) is 7.63. The van der Waals surface area contributed by atoms with Crippen LogP contribution >= 0.6 is 0 Å². The van der Waals surface area contributed by atoms with Crippen LogP contribution in [-0.2, 0) is 4.74 Å². The molecule has 4 aliphatic rings. The first-order chi connectivity index (χ1) is 16.2. The number of ether oxygens (including phenoxy) is 2. The number of hydrogen-bond acceptors (Lipinski definition) is 2. The van der Waals surface area contributed by atoms with E-state index in [0.717, 1.165) is 34.6 Å². The Kier molecular flexibility index (Phi) is 5.50. The van der Waals surface area contributed by atoms with Crippen molar-refractivity contribution in [2.45, 2.75) is 45.1 Å². The van der Waals surface area contributed by atoms with E-state index < -0.39 is 0 Å². The van der Waals surface area contributed by atoms with Gasteiger partial charge in [0.15, 0.2) is 0 Å². The van der Waals surface area contributed by atoms with Crippen molar-refractivity contribution in [2.24, 2.45) is 23.2 Å². The van der Waals surface area contributed by atoms with E-state index in [1.807, 2.05) is 0 Å². The number of hydrogen-bond donors (Lipinski definition) is 0. The van der Waals surface area contributed by atoms with Gasteiger partial charge < -0.3 is 9.47 Å². The first kappa shape index (κ1) is 21.0. The highest BCUT2D eigenvalue weighted by Crippen LogP contribution is 2.67. The zero-order chi connectivity index (χ0) is 22.3. The van der Waals surface area contributed by atoms with Crippen LogP contribution in [0.1, 0.15) is 39.0 Å². The fraction of sp³-hybridized carbons (Fsp3) is 0.419. The molecule has 0 N–H and O–H groups in total. The van der Waals surface area contributed by atoms with E-state index in [0.29, 0.717) is 24.7 Å². The summed E-state index contributed by atoms with van der Waals surface area (Å²) in [7, 11) is 0. The van der Waals surface area contributed by atoms with Crippen molar-refractivity contribution >= 4 is 0 Å². The predicted molar refractivity (Wildman–Crippen MR) is 134 cm³/mol. The Hall–Kier alpha value is -2.58. The first-order valence-electron chi connectivity index (χ1n) is 12.7. The van der Waals surface area contributed by atoms with Gasteiger partial charge in [-0.1, -0.05) is 78.9 Å². The molecule has 0 spiro atoms. The van der Waals surface area contributed by atoms with E-state index in [-0.39, 0.29) is 0 Å². The molecular weight excluding hydrogens is 404 g/mol. The topological polar surface area (TPSA) is 18.5 Å².